The lowest BCUT2D eigenvalue weighted by molar-refractivity contribution is 0.0115. The van der Waals surface area contributed by atoms with Gasteiger partial charge in [0.1, 0.15) is 0 Å². The lowest BCUT2D eigenvalue weighted by Crippen LogP contribution is -2.37. The molecule has 2 heterocycles. The molecule has 5 nitrogen and oxygen atoms in total. The van der Waals surface area contributed by atoms with E-state index in [1.54, 1.807) is 6.92 Å². The molecule has 1 fully saturated rings. The molecule has 0 bridgehead atoms. The Kier molecular flexibility index (Phi) is 4.22. The molecular weight excluding hydrogens is 292 g/mol. The molecule has 1 unspecified atom stereocenters. The third kappa shape index (κ3) is 3.29. The molecule has 1 aliphatic heterocycles. The molecule has 0 radical (unpaired) electrons. The van der Waals surface area contributed by atoms with Crippen molar-refractivity contribution >= 4 is 5.91 Å². The second kappa shape index (κ2) is 6.16. The van der Waals surface area contributed by atoms with Gasteiger partial charge in [-0.2, -0.15) is 0 Å². The zero-order valence-electron chi connectivity index (χ0n) is 13.8. The van der Waals surface area contributed by atoms with Crippen molar-refractivity contribution in [3.8, 4) is 11.5 Å². The zero-order chi connectivity index (χ0) is 16.4. The fraction of sp³-hybridized carbons (Fsp3) is 0.444. The molecule has 2 aromatic rings. The van der Waals surface area contributed by atoms with Crippen LogP contribution in [0.25, 0.3) is 11.5 Å². The van der Waals surface area contributed by atoms with Crippen molar-refractivity contribution in [2.24, 2.45) is 5.92 Å². The smallest absolute Gasteiger partial charge is 0.289 e. The monoisotopic (exact) mass is 314 g/mol. The van der Waals surface area contributed by atoms with Crippen LogP contribution in [0.4, 0.5) is 0 Å². The number of benzene rings is 1. The van der Waals surface area contributed by atoms with E-state index < -0.39 is 0 Å². The first-order chi connectivity index (χ1) is 11.0. The van der Waals surface area contributed by atoms with Crippen molar-refractivity contribution < 1.29 is 13.9 Å². The van der Waals surface area contributed by atoms with Crippen LogP contribution in [0.1, 0.15) is 36.5 Å². The Morgan fingerprint density at radius 2 is 2.09 bits per heavy atom. The van der Waals surface area contributed by atoms with Crippen LogP contribution in [-0.2, 0) is 4.74 Å². The van der Waals surface area contributed by atoms with Gasteiger partial charge >= 0.3 is 0 Å². The first-order valence-electron chi connectivity index (χ1n) is 7.92. The van der Waals surface area contributed by atoms with Crippen LogP contribution >= 0.6 is 0 Å². The second-order valence-electron chi connectivity index (χ2n) is 6.45. The number of aryl methyl sites for hydroxylation is 1. The van der Waals surface area contributed by atoms with Gasteiger partial charge in [-0.05, 0) is 39.3 Å². The summed E-state index contributed by atoms with van der Waals surface area (Å²) in [5.74, 6) is 0.835. The van der Waals surface area contributed by atoms with Gasteiger partial charge in [-0.1, -0.05) is 18.2 Å². The molecule has 122 valence electrons. The highest BCUT2D eigenvalue weighted by atomic mass is 16.5. The van der Waals surface area contributed by atoms with Crippen LogP contribution in [-0.4, -0.2) is 29.6 Å². The minimum Gasteiger partial charge on any atom is -0.431 e. The lowest BCUT2D eigenvalue weighted by Gasteiger charge is -2.25. The van der Waals surface area contributed by atoms with Crippen LogP contribution in [0.5, 0.6) is 0 Å². The fourth-order valence-corrected chi connectivity index (χ4v) is 2.89. The summed E-state index contributed by atoms with van der Waals surface area (Å²) in [7, 11) is 0. The number of carbonyl (C=O) groups is 1. The van der Waals surface area contributed by atoms with Gasteiger partial charge in [-0.15, -0.1) is 0 Å². The average molecular weight is 314 g/mol. The molecule has 23 heavy (non-hydrogen) atoms. The van der Waals surface area contributed by atoms with Gasteiger partial charge in [-0.25, -0.2) is 4.98 Å². The zero-order valence-corrected chi connectivity index (χ0v) is 13.8. The number of carbonyl (C=O) groups excluding carboxylic acids is 1. The van der Waals surface area contributed by atoms with Crippen LogP contribution < -0.4 is 5.32 Å². The van der Waals surface area contributed by atoms with E-state index in [2.05, 4.69) is 24.1 Å². The molecule has 1 aliphatic rings. The van der Waals surface area contributed by atoms with E-state index in [1.165, 1.54) is 0 Å². The highest BCUT2D eigenvalue weighted by Crippen LogP contribution is 2.30. The minimum absolute atomic E-state index is 0.195. The van der Waals surface area contributed by atoms with Gasteiger partial charge in [-0.3, -0.25) is 4.79 Å². The van der Waals surface area contributed by atoms with E-state index in [0.29, 0.717) is 24.0 Å². The standard InChI is InChI=1S/C18H22N2O3/c1-12-15(23-17(20-12)13-7-5-4-6-8-13)16(21)19-11-14-9-10-22-18(14,2)3/h4-8,14H,9-11H2,1-3H3,(H,19,21). The summed E-state index contributed by atoms with van der Waals surface area (Å²) in [5.41, 5.74) is 1.27. The van der Waals surface area contributed by atoms with Gasteiger partial charge in [0, 0.05) is 24.6 Å². The Labute approximate surface area is 136 Å². The molecule has 3 rings (SSSR count). The summed E-state index contributed by atoms with van der Waals surface area (Å²) in [6, 6.07) is 9.57. The highest BCUT2D eigenvalue weighted by Gasteiger charge is 2.36. The number of nitrogens with one attached hydrogen (secondary N) is 1. The summed E-state index contributed by atoms with van der Waals surface area (Å²) in [6.45, 7) is 7.22. The number of oxazole rings is 1. The van der Waals surface area contributed by atoms with E-state index in [0.717, 1.165) is 18.6 Å². The van der Waals surface area contributed by atoms with Gasteiger partial charge < -0.3 is 14.5 Å². The van der Waals surface area contributed by atoms with Crippen molar-refractivity contribution in [3.05, 3.63) is 41.8 Å². The van der Waals surface area contributed by atoms with Crippen molar-refractivity contribution in [3.63, 3.8) is 0 Å². The summed E-state index contributed by atoms with van der Waals surface area (Å²) in [5, 5.41) is 2.95. The van der Waals surface area contributed by atoms with Crippen LogP contribution in [0.15, 0.2) is 34.7 Å². The summed E-state index contributed by atoms with van der Waals surface area (Å²) in [4.78, 5) is 16.8. The van der Waals surface area contributed by atoms with E-state index in [-0.39, 0.29) is 17.3 Å². The number of ether oxygens (including phenoxy) is 1. The van der Waals surface area contributed by atoms with Crippen molar-refractivity contribution in [2.45, 2.75) is 32.8 Å². The van der Waals surface area contributed by atoms with Crippen LogP contribution in [0.3, 0.4) is 0 Å². The third-order valence-corrected chi connectivity index (χ3v) is 4.46. The maximum absolute atomic E-state index is 12.4. The summed E-state index contributed by atoms with van der Waals surface area (Å²) < 4.78 is 11.4. The maximum Gasteiger partial charge on any atom is 0.289 e. The van der Waals surface area contributed by atoms with Crippen molar-refractivity contribution in [2.75, 3.05) is 13.2 Å². The molecule has 1 atom stereocenters. The van der Waals surface area contributed by atoms with E-state index in [4.69, 9.17) is 9.15 Å². The van der Waals surface area contributed by atoms with Gasteiger partial charge in [0.2, 0.25) is 11.7 Å². The maximum atomic E-state index is 12.4. The Hall–Kier alpha value is -2.14. The number of hydrogen-bond acceptors (Lipinski definition) is 4. The number of amides is 1. The third-order valence-electron chi connectivity index (χ3n) is 4.46. The Morgan fingerprint density at radius 1 is 1.35 bits per heavy atom. The number of nitrogens with zero attached hydrogens (tertiary/aromatic N) is 1. The molecule has 1 amide bonds. The predicted molar refractivity (Wildman–Crippen MR) is 87.1 cm³/mol. The topological polar surface area (TPSA) is 64.4 Å². The largest absolute Gasteiger partial charge is 0.431 e. The van der Waals surface area contributed by atoms with Crippen molar-refractivity contribution in [1.82, 2.24) is 10.3 Å². The lowest BCUT2D eigenvalue weighted by atomic mass is 9.91. The second-order valence-corrected chi connectivity index (χ2v) is 6.45. The number of aromatic nitrogens is 1. The number of rotatable bonds is 4. The predicted octanol–water partition coefficient (Wildman–Crippen LogP) is 3.19. The first-order valence-corrected chi connectivity index (χ1v) is 7.92. The van der Waals surface area contributed by atoms with E-state index >= 15 is 0 Å². The van der Waals surface area contributed by atoms with Crippen molar-refractivity contribution in [1.29, 1.82) is 0 Å². The normalized spacial score (nSPS) is 19.7. The molecule has 0 aliphatic carbocycles. The Balaban J connectivity index is 1.69. The summed E-state index contributed by atoms with van der Waals surface area (Å²) in [6.07, 6.45) is 0.956. The quantitative estimate of drug-likeness (QED) is 0.941. The molecule has 1 N–H and O–H groups in total. The number of hydrogen-bond donors (Lipinski definition) is 1. The van der Waals surface area contributed by atoms with Crippen LogP contribution in [0, 0.1) is 12.8 Å². The van der Waals surface area contributed by atoms with Gasteiger partial charge in [0.25, 0.3) is 5.91 Å². The molecule has 5 heteroatoms. The fourth-order valence-electron chi connectivity index (χ4n) is 2.89. The molecule has 1 aromatic carbocycles. The molecule has 0 saturated carbocycles. The van der Waals surface area contributed by atoms with Gasteiger partial charge in [0.05, 0.1) is 11.3 Å². The van der Waals surface area contributed by atoms with E-state index in [9.17, 15) is 4.79 Å². The minimum atomic E-state index is -0.222. The molecule has 1 aromatic heterocycles. The molecule has 0 spiro atoms. The SMILES string of the molecule is Cc1nc(-c2ccccc2)oc1C(=O)NCC1CCOC1(C)C. The van der Waals surface area contributed by atoms with Crippen LogP contribution in [0.2, 0.25) is 0 Å². The molecule has 1 saturated heterocycles. The Bertz CT molecular complexity index is 692. The average Bonchev–Trinajstić information content (AvgIpc) is 3.08. The molecular formula is C18H22N2O3. The Morgan fingerprint density at radius 3 is 2.74 bits per heavy atom. The summed E-state index contributed by atoms with van der Waals surface area (Å²) >= 11 is 0. The van der Waals surface area contributed by atoms with E-state index in [1.807, 2.05) is 30.3 Å². The first kappa shape index (κ1) is 15.7. The van der Waals surface area contributed by atoms with Gasteiger partial charge in [0.15, 0.2) is 0 Å². The highest BCUT2D eigenvalue weighted by molar-refractivity contribution is 5.92.